The molecule has 1 aromatic carbocycles. The average Bonchev–Trinajstić information content (AvgIpc) is 2.96. The van der Waals surface area contributed by atoms with Crippen molar-refractivity contribution in [3.8, 4) is 0 Å². The zero-order valence-corrected chi connectivity index (χ0v) is 10.4. The Morgan fingerprint density at radius 1 is 1.53 bits per heavy atom. The average molecular weight is 233 g/mol. The molecule has 0 heterocycles. The van der Waals surface area contributed by atoms with Gasteiger partial charge in [0.2, 0.25) is 0 Å². The minimum Gasteiger partial charge on any atom is -0.478 e. The first kappa shape index (κ1) is 12.0. The topological polar surface area (TPSA) is 49.3 Å². The predicted molar refractivity (Wildman–Crippen MR) is 68.6 cm³/mol. The van der Waals surface area contributed by atoms with Crippen molar-refractivity contribution in [1.29, 1.82) is 0 Å². The van der Waals surface area contributed by atoms with Crippen molar-refractivity contribution in [1.82, 2.24) is 0 Å². The molecule has 2 unspecified atom stereocenters. The van der Waals surface area contributed by atoms with Gasteiger partial charge in [0.25, 0.3) is 0 Å². The lowest BCUT2D eigenvalue weighted by Gasteiger charge is -2.10. The third-order valence-corrected chi connectivity index (χ3v) is 3.33. The molecule has 1 aliphatic rings. The van der Waals surface area contributed by atoms with Crippen LogP contribution in [0.2, 0.25) is 0 Å². The second kappa shape index (κ2) is 4.78. The van der Waals surface area contributed by atoms with Crippen molar-refractivity contribution in [2.45, 2.75) is 39.2 Å². The van der Waals surface area contributed by atoms with Crippen LogP contribution in [0.15, 0.2) is 18.2 Å². The smallest absolute Gasteiger partial charge is 0.337 e. The molecule has 1 fully saturated rings. The molecule has 0 amide bonds. The monoisotopic (exact) mass is 233 g/mol. The van der Waals surface area contributed by atoms with Crippen LogP contribution in [0.5, 0.6) is 0 Å². The summed E-state index contributed by atoms with van der Waals surface area (Å²) in [7, 11) is 0. The summed E-state index contributed by atoms with van der Waals surface area (Å²) in [6, 6.07) is 5.90. The second-order valence-corrected chi connectivity index (χ2v) is 4.89. The largest absolute Gasteiger partial charge is 0.478 e. The van der Waals surface area contributed by atoms with Crippen molar-refractivity contribution in [2.75, 3.05) is 5.32 Å². The van der Waals surface area contributed by atoms with Crippen LogP contribution in [0, 0.1) is 12.8 Å². The number of hydrogen-bond acceptors (Lipinski definition) is 2. The SMILES string of the molecule is CCCC1CC1Nc1cc(C)ccc1C(=O)O. The zero-order chi connectivity index (χ0) is 12.4. The Balaban J connectivity index is 2.10. The minimum absolute atomic E-state index is 0.373. The predicted octanol–water partition coefficient (Wildman–Crippen LogP) is 3.29. The van der Waals surface area contributed by atoms with Gasteiger partial charge in [-0.15, -0.1) is 0 Å². The highest BCUT2D eigenvalue weighted by Gasteiger charge is 2.36. The number of aryl methyl sites for hydroxylation is 1. The molecule has 0 bridgehead atoms. The van der Waals surface area contributed by atoms with Crippen LogP contribution in [0.25, 0.3) is 0 Å². The van der Waals surface area contributed by atoms with Crippen LogP contribution < -0.4 is 5.32 Å². The van der Waals surface area contributed by atoms with Crippen LogP contribution in [0.1, 0.15) is 42.1 Å². The van der Waals surface area contributed by atoms with Crippen LogP contribution >= 0.6 is 0 Å². The standard InChI is InChI=1S/C14H19NO2/c1-3-4-10-8-12(10)15-13-7-9(2)5-6-11(13)14(16)17/h5-7,10,12,15H,3-4,8H2,1-2H3,(H,16,17). The van der Waals surface area contributed by atoms with Gasteiger partial charge in [0.15, 0.2) is 0 Å². The molecule has 0 saturated heterocycles. The molecule has 2 rings (SSSR count). The zero-order valence-electron chi connectivity index (χ0n) is 10.4. The van der Waals surface area contributed by atoms with E-state index in [1.54, 1.807) is 6.07 Å². The van der Waals surface area contributed by atoms with Crippen molar-refractivity contribution in [3.63, 3.8) is 0 Å². The molecule has 3 heteroatoms. The molecule has 1 saturated carbocycles. The van der Waals surface area contributed by atoms with Gasteiger partial charge < -0.3 is 10.4 Å². The van der Waals surface area contributed by atoms with Gasteiger partial charge in [-0.2, -0.15) is 0 Å². The summed E-state index contributed by atoms with van der Waals surface area (Å²) in [5, 5.41) is 12.5. The van der Waals surface area contributed by atoms with E-state index in [2.05, 4.69) is 12.2 Å². The first-order valence-corrected chi connectivity index (χ1v) is 6.22. The molecule has 1 aromatic rings. The van der Waals surface area contributed by atoms with E-state index in [0.29, 0.717) is 11.6 Å². The van der Waals surface area contributed by atoms with Gasteiger partial charge in [-0.3, -0.25) is 0 Å². The van der Waals surface area contributed by atoms with Crippen molar-refractivity contribution >= 4 is 11.7 Å². The Morgan fingerprint density at radius 2 is 2.29 bits per heavy atom. The summed E-state index contributed by atoms with van der Waals surface area (Å²) in [5.41, 5.74) is 2.23. The summed E-state index contributed by atoms with van der Waals surface area (Å²) in [4.78, 5) is 11.1. The Morgan fingerprint density at radius 3 is 2.94 bits per heavy atom. The van der Waals surface area contributed by atoms with E-state index in [1.165, 1.54) is 19.3 Å². The van der Waals surface area contributed by atoms with Crippen LogP contribution in [0.3, 0.4) is 0 Å². The van der Waals surface area contributed by atoms with Crippen molar-refractivity contribution < 1.29 is 9.90 Å². The Hall–Kier alpha value is -1.51. The lowest BCUT2D eigenvalue weighted by Crippen LogP contribution is -2.10. The minimum atomic E-state index is -0.861. The van der Waals surface area contributed by atoms with E-state index in [4.69, 9.17) is 5.11 Å². The van der Waals surface area contributed by atoms with E-state index in [1.807, 2.05) is 19.1 Å². The van der Waals surface area contributed by atoms with Gasteiger partial charge in [0.05, 0.1) is 5.56 Å². The van der Waals surface area contributed by atoms with Gasteiger partial charge in [-0.1, -0.05) is 19.4 Å². The molecule has 0 radical (unpaired) electrons. The molecular weight excluding hydrogens is 214 g/mol. The Kier molecular flexibility index (Phi) is 3.36. The molecule has 2 atom stereocenters. The summed E-state index contributed by atoms with van der Waals surface area (Å²) >= 11 is 0. The number of rotatable bonds is 5. The normalized spacial score (nSPS) is 22.2. The molecule has 0 aliphatic heterocycles. The van der Waals surface area contributed by atoms with Gasteiger partial charge in [-0.25, -0.2) is 4.79 Å². The summed E-state index contributed by atoms with van der Waals surface area (Å²) < 4.78 is 0. The van der Waals surface area contributed by atoms with E-state index < -0.39 is 5.97 Å². The van der Waals surface area contributed by atoms with E-state index in [-0.39, 0.29) is 0 Å². The Labute approximate surface area is 102 Å². The molecule has 17 heavy (non-hydrogen) atoms. The number of carbonyl (C=O) groups is 1. The van der Waals surface area contributed by atoms with Gasteiger partial charge in [-0.05, 0) is 43.4 Å². The molecule has 0 spiro atoms. The fourth-order valence-corrected chi connectivity index (χ4v) is 2.28. The molecule has 0 aromatic heterocycles. The second-order valence-electron chi connectivity index (χ2n) is 4.89. The number of hydrogen-bond donors (Lipinski definition) is 2. The number of benzene rings is 1. The van der Waals surface area contributed by atoms with Gasteiger partial charge in [0, 0.05) is 11.7 Å². The van der Waals surface area contributed by atoms with Gasteiger partial charge in [0.1, 0.15) is 0 Å². The number of aromatic carboxylic acids is 1. The highest BCUT2D eigenvalue weighted by molar-refractivity contribution is 5.94. The summed E-state index contributed by atoms with van der Waals surface area (Å²) in [5.74, 6) is -0.137. The number of carboxylic acids is 1. The van der Waals surface area contributed by atoms with E-state index in [0.717, 1.165) is 17.2 Å². The first-order chi connectivity index (χ1) is 8.11. The quantitative estimate of drug-likeness (QED) is 0.820. The highest BCUT2D eigenvalue weighted by Crippen LogP contribution is 2.38. The molecule has 92 valence electrons. The van der Waals surface area contributed by atoms with Crippen molar-refractivity contribution in [3.05, 3.63) is 29.3 Å². The lowest BCUT2D eigenvalue weighted by atomic mass is 10.1. The number of anilines is 1. The third-order valence-electron chi connectivity index (χ3n) is 3.33. The van der Waals surface area contributed by atoms with Crippen LogP contribution in [0.4, 0.5) is 5.69 Å². The van der Waals surface area contributed by atoms with Crippen molar-refractivity contribution in [2.24, 2.45) is 5.92 Å². The molecular formula is C14H19NO2. The van der Waals surface area contributed by atoms with Crippen LogP contribution in [-0.4, -0.2) is 17.1 Å². The van der Waals surface area contributed by atoms with E-state index in [9.17, 15) is 4.79 Å². The first-order valence-electron chi connectivity index (χ1n) is 6.22. The third kappa shape index (κ3) is 2.78. The maximum atomic E-state index is 11.1. The fourth-order valence-electron chi connectivity index (χ4n) is 2.28. The highest BCUT2D eigenvalue weighted by atomic mass is 16.4. The van der Waals surface area contributed by atoms with Gasteiger partial charge >= 0.3 is 5.97 Å². The number of carboxylic acid groups (broad SMARTS) is 1. The lowest BCUT2D eigenvalue weighted by molar-refractivity contribution is 0.0698. The fraction of sp³-hybridized carbons (Fsp3) is 0.500. The van der Waals surface area contributed by atoms with E-state index >= 15 is 0 Å². The maximum Gasteiger partial charge on any atom is 0.337 e. The summed E-state index contributed by atoms with van der Waals surface area (Å²) in [6.45, 7) is 4.16. The summed E-state index contributed by atoms with van der Waals surface area (Å²) in [6.07, 6.45) is 3.59. The number of nitrogens with one attached hydrogen (secondary N) is 1. The maximum absolute atomic E-state index is 11.1. The Bertz CT molecular complexity index is 428. The molecule has 3 nitrogen and oxygen atoms in total. The van der Waals surface area contributed by atoms with Crippen LogP contribution in [-0.2, 0) is 0 Å². The molecule has 2 N–H and O–H groups in total. The molecule has 1 aliphatic carbocycles.